The molecule has 4 nitrogen and oxygen atoms in total. The first-order chi connectivity index (χ1) is 8.63. The predicted octanol–water partition coefficient (Wildman–Crippen LogP) is 1.73. The minimum atomic E-state index is -0.961. The zero-order chi connectivity index (χ0) is 12.9. The maximum Gasteiger partial charge on any atom is 0.526 e. The lowest BCUT2D eigenvalue weighted by molar-refractivity contribution is 0.0518. The van der Waals surface area contributed by atoms with Crippen molar-refractivity contribution in [3.05, 3.63) is 29.1 Å². The SMILES string of the molecule is CCOC(=O)c1c(F)ccc2c1OB(O)[C@@H]1C[C@H]21. The van der Waals surface area contributed by atoms with Crippen LogP contribution < -0.4 is 4.65 Å². The van der Waals surface area contributed by atoms with Crippen molar-refractivity contribution in [3.8, 4) is 5.75 Å². The van der Waals surface area contributed by atoms with Crippen molar-refractivity contribution in [2.45, 2.75) is 25.1 Å². The van der Waals surface area contributed by atoms with Crippen LogP contribution in [0.15, 0.2) is 12.1 Å². The fourth-order valence-electron chi connectivity index (χ4n) is 2.48. The van der Waals surface area contributed by atoms with Crippen molar-refractivity contribution in [2.75, 3.05) is 6.61 Å². The molecule has 94 valence electrons. The molecule has 3 rings (SSSR count). The smallest absolute Gasteiger partial charge is 0.526 e. The van der Waals surface area contributed by atoms with Gasteiger partial charge in [0.05, 0.1) is 6.61 Å². The molecule has 0 spiro atoms. The molecule has 1 N–H and O–H groups in total. The Labute approximate surface area is 104 Å². The summed E-state index contributed by atoms with van der Waals surface area (Å²) >= 11 is 0. The molecule has 0 radical (unpaired) electrons. The quantitative estimate of drug-likeness (QED) is 0.641. The number of esters is 1. The van der Waals surface area contributed by atoms with E-state index < -0.39 is 18.9 Å². The molecule has 1 aliphatic heterocycles. The molecule has 0 amide bonds. The third-order valence-electron chi connectivity index (χ3n) is 3.46. The summed E-state index contributed by atoms with van der Waals surface area (Å²) in [6.07, 6.45) is 0.808. The van der Waals surface area contributed by atoms with Crippen molar-refractivity contribution in [3.63, 3.8) is 0 Å². The van der Waals surface area contributed by atoms with Crippen LogP contribution in [0.5, 0.6) is 5.75 Å². The van der Waals surface area contributed by atoms with Crippen LogP contribution in [-0.2, 0) is 4.74 Å². The van der Waals surface area contributed by atoms with Gasteiger partial charge in [0.15, 0.2) is 0 Å². The molecule has 1 aromatic rings. The fraction of sp³-hybridized carbons (Fsp3) is 0.417. The highest BCUT2D eigenvalue weighted by Crippen LogP contribution is 2.60. The summed E-state index contributed by atoms with van der Waals surface area (Å²) in [6.45, 7) is 1.81. The van der Waals surface area contributed by atoms with E-state index >= 15 is 0 Å². The number of carbonyl (C=O) groups excluding carboxylic acids is 1. The minimum Gasteiger partial charge on any atom is -0.535 e. The molecule has 0 bridgehead atoms. The molecule has 0 aromatic heterocycles. The van der Waals surface area contributed by atoms with Gasteiger partial charge in [-0.1, -0.05) is 6.07 Å². The summed E-state index contributed by atoms with van der Waals surface area (Å²) < 4.78 is 23.9. The normalized spacial score (nSPS) is 23.8. The van der Waals surface area contributed by atoms with Gasteiger partial charge in [-0.15, -0.1) is 0 Å². The number of fused-ring (bicyclic) bond motifs is 3. The largest absolute Gasteiger partial charge is 0.535 e. The van der Waals surface area contributed by atoms with E-state index in [0.717, 1.165) is 12.0 Å². The molecule has 18 heavy (non-hydrogen) atoms. The molecular formula is C12H12BFO4. The maximum absolute atomic E-state index is 13.8. The van der Waals surface area contributed by atoms with Crippen molar-refractivity contribution in [1.29, 1.82) is 0 Å². The van der Waals surface area contributed by atoms with E-state index in [0.29, 0.717) is 0 Å². The zero-order valence-corrected chi connectivity index (χ0v) is 9.85. The van der Waals surface area contributed by atoms with Crippen LogP contribution in [0.25, 0.3) is 0 Å². The highest BCUT2D eigenvalue weighted by molar-refractivity contribution is 6.48. The van der Waals surface area contributed by atoms with Gasteiger partial charge in [0.25, 0.3) is 0 Å². The Kier molecular flexibility index (Phi) is 2.55. The molecule has 1 aromatic carbocycles. The van der Waals surface area contributed by atoms with Gasteiger partial charge in [-0.05, 0) is 30.9 Å². The molecule has 2 aliphatic rings. The first-order valence-corrected chi connectivity index (χ1v) is 5.97. The number of hydrogen-bond acceptors (Lipinski definition) is 4. The van der Waals surface area contributed by atoms with Crippen LogP contribution in [0.4, 0.5) is 4.39 Å². The van der Waals surface area contributed by atoms with Crippen molar-refractivity contribution < 1.29 is 23.6 Å². The van der Waals surface area contributed by atoms with E-state index in [4.69, 9.17) is 9.39 Å². The van der Waals surface area contributed by atoms with Crippen LogP contribution in [0.2, 0.25) is 5.82 Å². The topological polar surface area (TPSA) is 55.8 Å². The summed E-state index contributed by atoms with van der Waals surface area (Å²) in [4.78, 5) is 11.7. The Morgan fingerprint density at radius 1 is 1.67 bits per heavy atom. The van der Waals surface area contributed by atoms with E-state index in [9.17, 15) is 14.2 Å². The summed E-state index contributed by atoms with van der Waals surface area (Å²) in [5.41, 5.74) is 0.577. The van der Waals surface area contributed by atoms with Gasteiger partial charge in [0.1, 0.15) is 17.1 Å². The Morgan fingerprint density at radius 3 is 3.17 bits per heavy atom. The average Bonchev–Trinajstić information content (AvgIpc) is 3.09. The van der Waals surface area contributed by atoms with Crippen LogP contribution in [0.1, 0.15) is 35.2 Å². The van der Waals surface area contributed by atoms with Crippen LogP contribution in [-0.4, -0.2) is 24.7 Å². The van der Waals surface area contributed by atoms with Crippen LogP contribution >= 0.6 is 0 Å². The van der Waals surface area contributed by atoms with Gasteiger partial charge in [-0.3, -0.25) is 0 Å². The number of ether oxygens (including phenoxy) is 1. The second-order valence-corrected chi connectivity index (χ2v) is 4.58. The highest BCUT2D eigenvalue weighted by Gasteiger charge is 2.54. The monoisotopic (exact) mass is 250 g/mol. The Bertz CT molecular complexity index is 519. The van der Waals surface area contributed by atoms with Crippen molar-refractivity contribution in [2.24, 2.45) is 0 Å². The second-order valence-electron chi connectivity index (χ2n) is 4.58. The number of rotatable bonds is 2. The molecule has 2 atom stereocenters. The zero-order valence-electron chi connectivity index (χ0n) is 9.85. The van der Waals surface area contributed by atoms with Gasteiger partial charge < -0.3 is 14.4 Å². The van der Waals surface area contributed by atoms with E-state index in [2.05, 4.69) is 0 Å². The summed E-state index contributed by atoms with van der Waals surface area (Å²) in [5.74, 6) is -1.06. The van der Waals surface area contributed by atoms with Crippen LogP contribution in [0.3, 0.4) is 0 Å². The third kappa shape index (κ3) is 1.60. The first-order valence-electron chi connectivity index (χ1n) is 5.97. The molecule has 0 unspecified atom stereocenters. The lowest BCUT2D eigenvalue weighted by Crippen LogP contribution is -2.28. The number of carbonyl (C=O) groups is 1. The molecule has 1 fully saturated rings. The van der Waals surface area contributed by atoms with Crippen LogP contribution in [0, 0.1) is 5.82 Å². The minimum absolute atomic E-state index is 0.0676. The molecule has 1 heterocycles. The van der Waals surface area contributed by atoms with E-state index in [1.807, 2.05) is 0 Å². The average molecular weight is 250 g/mol. The predicted molar refractivity (Wildman–Crippen MR) is 62.1 cm³/mol. The molecular weight excluding hydrogens is 238 g/mol. The number of hydrogen-bond donors (Lipinski definition) is 1. The standard InChI is InChI=1S/C12H12BFO4/c1-2-17-12(15)10-9(14)4-3-6-7-5-8(7)13(16)18-11(6)10/h3-4,7-8,16H,2,5H2,1H3/t7-,8-/m1/s1. The Morgan fingerprint density at radius 2 is 2.44 bits per heavy atom. The summed E-state index contributed by atoms with van der Waals surface area (Å²) in [6, 6.07) is 2.87. The molecule has 6 heteroatoms. The first kappa shape index (κ1) is 11.5. The van der Waals surface area contributed by atoms with Crippen molar-refractivity contribution >= 4 is 13.1 Å². The summed E-state index contributed by atoms with van der Waals surface area (Å²) in [7, 11) is -0.961. The van der Waals surface area contributed by atoms with Gasteiger partial charge >= 0.3 is 13.1 Å². The molecule has 1 saturated carbocycles. The fourth-order valence-corrected chi connectivity index (χ4v) is 2.48. The summed E-state index contributed by atoms with van der Waals surface area (Å²) in [5, 5.41) is 9.70. The van der Waals surface area contributed by atoms with E-state index in [-0.39, 0.29) is 29.7 Å². The lowest BCUT2D eigenvalue weighted by atomic mass is 9.77. The lowest BCUT2D eigenvalue weighted by Gasteiger charge is -2.21. The van der Waals surface area contributed by atoms with Gasteiger partial charge in [-0.2, -0.15) is 0 Å². The van der Waals surface area contributed by atoms with Gasteiger partial charge in [-0.25, -0.2) is 9.18 Å². The van der Waals surface area contributed by atoms with Gasteiger partial charge in [0, 0.05) is 5.82 Å². The second kappa shape index (κ2) is 3.98. The maximum atomic E-state index is 13.8. The van der Waals surface area contributed by atoms with E-state index in [1.54, 1.807) is 13.0 Å². The molecule has 1 aliphatic carbocycles. The third-order valence-corrected chi connectivity index (χ3v) is 3.46. The van der Waals surface area contributed by atoms with Gasteiger partial charge in [0.2, 0.25) is 0 Å². The van der Waals surface area contributed by atoms with E-state index in [1.165, 1.54) is 6.07 Å². The Hall–Kier alpha value is -1.56. The number of halogens is 1. The number of benzene rings is 1. The molecule has 0 saturated heterocycles. The Balaban J connectivity index is 2.08. The highest BCUT2D eigenvalue weighted by atomic mass is 19.1. The van der Waals surface area contributed by atoms with Crippen molar-refractivity contribution in [1.82, 2.24) is 0 Å².